The van der Waals surface area contributed by atoms with E-state index in [1.807, 2.05) is 0 Å². The fourth-order valence-electron chi connectivity index (χ4n) is 3.42. The number of aromatic nitrogens is 4. The first-order valence-corrected chi connectivity index (χ1v) is 10.2. The van der Waals surface area contributed by atoms with E-state index in [0.717, 1.165) is 18.6 Å². The maximum absolute atomic E-state index is 14.2. The average Bonchev–Trinajstić information content (AvgIpc) is 3.12. The highest BCUT2D eigenvalue weighted by Gasteiger charge is 2.31. The minimum Gasteiger partial charge on any atom is -0.396 e. The molecule has 6 nitrogen and oxygen atoms in total. The van der Waals surface area contributed by atoms with Crippen LogP contribution in [0.4, 0.5) is 23.5 Å². The second-order valence-electron chi connectivity index (χ2n) is 7.44. The summed E-state index contributed by atoms with van der Waals surface area (Å²) in [5.41, 5.74) is 0.911. The van der Waals surface area contributed by atoms with Gasteiger partial charge in [0, 0.05) is 37.5 Å². The van der Waals surface area contributed by atoms with Crippen LogP contribution in [-0.4, -0.2) is 38.0 Å². The third-order valence-corrected chi connectivity index (χ3v) is 5.12. The standard InChI is InChI=1S/C23H20F4N5O/c1-32-21-18(13-29-22(30-21)28-10-2-3-11-33)20(31-32)15-6-4-14(5-7-15)17-12-16(23(25,26)27)8-9-19(17)24/h4-6,8-9,12-13,33H,2-3,10-11H2,1H3,(H,28,29,30). The summed E-state index contributed by atoms with van der Waals surface area (Å²) in [5.74, 6) is -0.311. The van der Waals surface area contributed by atoms with Crippen LogP contribution in [-0.2, 0) is 13.2 Å². The van der Waals surface area contributed by atoms with Crippen LogP contribution in [0.1, 0.15) is 18.4 Å². The lowest BCUT2D eigenvalue weighted by atomic mass is 10.00. The van der Waals surface area contributed by atoms with Crippen molar-refractivity contribution >= 4 is 17.0 Å². The summed E-state index contributed by atoms with van der Waals surface area (Å²) in [6.45, 7) is 0.750. The van der Waals surface area contributed by atoms with Crippen molar-refractivity contribution in [3.63, 3.8) is 0 Å². The van der Waals surface area contributed by atoms with Gasteiger partial charge in [-0.3, -0.25) is 0 Å². The average molecular weight is 458 g/mol. The number of aryl methyl sites for hydroxylation is 1. The lowest BCUT2D eigenvalue weighted by Crippen LogP contribution is -2.06. The molecule has 10 heteroatoms. The monoisotopic (exact) mass is 458 g/mol. The van der Waals surface area contributed by atoms with E-state index < -0.39 is 17.6 Å². The smallest absolute Gasteiger partial charge is 0.396 e. The second-order valence-corrected chi connectivity index (χ2v) is 7.44. The number of aliphatic hydroxyl groups excluding tert-OH is 1. The number of hydrogen-bond acceptors (Lipinski definition) is 5. The molecule has 2 aromatic heterocycles. The molecule has 0 aliphatic heterocycles. The highest BCUT2D eigenvalue weighted by molar-refractivity contribution is 5.91. The largest absolute Gasteiger partial charge is 0.416 e. The van der Waals surface area contributed by atoms with Crippen LogP contribution in [0.25, 0.3) is 33.4 Å². The van der Waals surface area contributed by atoms with E-state index >= 15 is 0 Å². The molecule has 0 saturated carbocycles. The van der Waals surface area contributed by atoms with Crippen LogP contribution >= 0.6 is 0 Å². The normalized spacial score (nSPS) is 11.8. The first-order valence-electron chi connectivity index (χ1n) is 10.2. The summed E-state index contributed by atoms with van der Waals surface area (Å²) in [4.78, 5) is 8.78. The molecule has 171 valence electrons. The van der Waals surface area contributed by atoms with Gasteiger partial charge in [0.1, 0.15) is 11.5 Å². The van der Waals surface area contributed by atoms with Crippen molar-refractivity contribution in [1.82, 2.24) is 19.7 Å². The van der Waals surface area contributed by atoms with Crippen molar-refractivity contribution in [2.75, 3.05) is 18.5 Å². The molecule has 0 fully saturated rings. The number of nitrogens with zero attached hydrogens (tertiary/aromatic N) is 4. The summed E-state index contributed by atoms with van der Waals surface area (Å²) in [6.07, 6.45) is -1.47. The zero-order valence-corrected chi connectivity index (χ0v) is 17.6. The molecule has 0 unspecified atom stereocenters. The van der Waals surface area contributed by atoms with Gasteiger partial charge in [0.05, 0.1) is 10.9 Å². The third-order valence-electron chi connectivity index (χ3n) is 5.12. The number of benzene rings is 2. The molecule has 0 aliphatic carbocycles. The number of rotatable bonds is 7. The number of halogens is 4. The van der Waals surface area contributed by atoms with Gasteiger partial charge in [0.25, 0.3) is 0 Å². The Hall–Kier alpha value is -3.53. The molecule has 4 rings (SSSR count). The third kappa shape index (κ3) is 4.80. The Bertz CT molecular complexity index is 1270. The summed E-state index contributed by atoms with van der Waals surface area (Å²) >= 11 is 0. The molecule has 0 saturated heterocycles. The fourth-order valence-corrected chi connectivity index (χ4v) is 3.42. The zero-order valence-electron chi connectivity index (χ0n) is 17.6. The minimum atomic E-state index is -4.56. The highest BCUT2D eigenvalue weighted by Crippen LogP contribution is 2.34. The van der Waals surface area contributed by atoms with E-state index in [-0.39, 0.29) is 17.7 Å². The van der Waals surface area contributed by atoms with Crippen LogP contribution in [0.3, 0.4) is 0 Å². The fraction of sp³-hybridized carbons (Fsp3) is 0.261. The van der Waals surface area contributed by atoms with Gasteiger partial charge in [-0.1, -0.05) is 12.1 Å². The van der Waals surface area contributed by atoms with Crippen LogP contribution in [0.5, 0.6) is 0 Å². The second kappa shape index (κ2) is 9.14. The molecule has 33 heavy (non-hydrogen) atoms. The Morgan fingerprint density at radius 3 is 2.67 bits per heavy atom. The molecule has 0 bridgehead atoms. The molecule has 0 atom stereocenters. The van der Waals surface area contributed by atoms with E-state index in [2.05, 4.69) is 26.4 Å². The Labute approximate surface area is 186 Å². The van der Waals surface area contributed by atoms with Crippen molar-refractivity contribution < 1.29 is 22.7 Å². The number of aliphatic hydroxyl groups is 1. The lowest BCUT2D eigenvalue weighted by molar-refractivity contribution is -0.137. The number of anilines is 1. The SMILES string of the molecule is Cn1nc(-c2[c]cc(-c3cc(C(F)(F)F)ccc3F)cc2)c2cnc(NCCCCO)nc21. The predicted octanol–water partition coefficient (Wildman–Crippen LogP) is 4.84. The van der Waals surface area contributed by atoms with Crippen molar-refractivity contribution in [3.05, 3.63) is 60.0 Å². The molecular weight excluding hydrogens is 438 g/mol. The molecule has 0 spiro atoms. The van der Waals surface area contributed by atoms with Gasteiger partial charge < -0.3 is 10.4 Å². The topological polar surface area (TPSA) is 75.9 Å². The molecule has 2 N–H and O–H groups in total. The molecular formula is C23H20F4N5O. The van der Waals surface area contributed by atoms with E-state index in [1.165, 1.54) is 12.1 Å². The number of nitrogens with one attached hydrogen (secondary N) is 1. The summed E-state index contributed by atoms with van der Waals surface area (Å²) in [5, 5.41) is 17.1. The van der Waals surface area contributed by atoms with E-state index in [9.17, 15) is 17.6 Å². The Morgan fingerprint density at radius 2 is 1.97 bits per heavy atom. The summed E-state index contributed by atoms with van der Waals surface area (Å²) in [7, 11) is 1.74. The molecule has 2 heterocycles. The van der Waals surface area contributed by atoms with E-state index in [0.29, 0.717) is 47.3 Å². The molecule has 2 aromatic carbocycles. The summed E-state index contributed by atoms with van der Waals surface area (Å²) < 4.78 is 54.9. The van der Waals surface area contributed by atoms with E-state index in [4.69, 9.17) is 5.11 Å². The van der Waals surface area contributed by atoms with Crippen LogP contribution in [0, 0.1) is 11.9 Å². The molecule has 0 aliphatic rings. The van der Waals surface area contributed by atoms with Gasteiger partial charge >= 0.3 is 6.18 Å². The Balaban J connectivity index is 1.62. The van der Waals surface area contributed by atoms with Gasteiger partial charge in [0.2, 0.25) is 5.95 Å². The van der Waals surface area contributed by atoms with Crippen molar-refractivity contribution in [2.24, 2.45) is 7.05 Å². The number of hydrogen-bond donors (Lipinski definition) is 2. The quantitative estimate of drug-likeness (QED) is 0.306. The maximum atomic E-state index is 14.2. The minimum absolute atomic E-state index is 0.127. The first kappa shape index (κ1) is 22.7. The van der Waals surface area contributed by atoms with Gasteiger partial charge in [-0.25, -0.2) is 14.1 Å². The van der Waals surface area contributed by atoms with Gasteiger partial charge in [-0.2, -0.15) is 23.3 Å². The molecule has 1 radical (unpaired) electrons. The number of unbranched alkanes of at least 4 members (excludes halogenated alkanes) is 1. The maximum Gasteiger partial charge on any atom is 0.416 e. The Morgan fingerprint density at radius 1 is 1.15 bits per heavy atom. The van der Waals surface area contributed by atoms with Crippen LogP contribution in [0.15, 0.2) is 42.6 Å². The molecule has 4 aromatic rings. The predicted molar refractivity (Wildman–Crippen MR) is 116 cm³/mol. The van der Waals surface area contributed by atoms with Gasteiger partial charge in [-0.15, -0.1) is 0 Å². The van der Waals surface area contributed by atoms with Gasteiger partial charge in [-0.05, 0) is 48.7 Å². The number of alkyl halides is 3. The van der Waals surface area contributed by atoms with Gasteiger partial charge in [0.15, 0.2) is 5.65 Å². The van der Waals surface area contributed by atoms with Crippen molar-refractivity contribution in [2.45, 2.75) is 19.0 Å². The van der Waals surface area contributed by atoms with Crippen LogP contribution < -0.4 is 5.32 Å². The molecule has 0 amide bonds. The number of fused-ring (bicyclic) bond motifs is 1. The highest BCUT2D eigenvalue weighted by atomic mass is 19.4. The zero-order chi connectivity index (χ0) is 23.6. The first-order chi connectivity index (χ1) is 15.8. The lowest BCUT2D eigenvalue weighted by Gasteiger charge is -2.10. The Kier molecular flexibility index (Phi) is 6.28. The van der Waals surface area contributed by atoms with E-state index in [1.54, 1.807) is 24.0 Å². The van der Waals surface area contributed by atoms with Crippen molar-refractivity contribution in [1.29, 1.82) is 0 Å². The van der Waals surface area contributed by atoms with Crippen molar-refractivity contribution in [3.8, 4) is 22.4 Å². The van der Waals surface area contributed by atoms with Crippen LogP contribution in [0.2, 0.25) is 0 Å². The summed E-state index contributed by atoms with van der Waals surface area (Å²) in [6, 6.07) is 9.89.